The van der Waals surface area contributed by atoms with Gasteiger partial charge in [0.15, 0.2) is 11.5 Å². The number of benzene rings is 3. The number of carbonyl (C=O) groups is 1. The molecule has 0 fully saturated rings. The van der Waals surface area contributed by atoms with Gasteiger partial charge in [-0.15, -0.1) is 0 Å². The lowest BCUT2D eigenvalue weighted by atomic mass is 9.86. The number of nitrogens with one attached hydrogen (secondary N) is 2. The standard InChI is InChI=1S/C27H22ClN3O4/c1-34-22-13-17(11-12-21(22)35-15-18-9-5-6-10-20(18)28)19-14-23(32)29-26-24(19)27(33)31-25(30-26)16-7-3-2-4-8-16/h2-13,19H,14-15H2,1H3,(H2,29,30,31,32,33). The number of carbonyl (C=O) groups excluding carboxylic acids is 1. The molecule has 1 unspecified atom stereocenters. The molecule has 2 N–H and O–H groups in total. The van der Waals surface area contributed by atoms with Gasteiger partial charge in [0.1, 0.15) is 18.2 Å². The van der Waals surface area contributed by atoms with E-state index >= 15 is 0 Å². The normalized spacial score (nSPS) is 14.7. The highest BCUT2D eigenvalue weighted by Crippen LogP contribution is 2.38. The van der Waals surface area contributed by atoms with Gasteiger partial charge in [-0.05, 0) is 23.8 Å². The topological polar surface area (TPSA) is 93.3 Å². The maximum Gasteiger partial charge on any atom is 0.257 e. The number of rotatable bonds is 6. The average molecular weight is 488 g/mol. The van der Waals surface area contributed by atoms with Gasteiger partial charge in [0.2, 0.25) is 5.91 Å². The monoisotopic (exact) mass is 487 g/mol. The Bertz CT molecular complexity index is 1450. The van der Waals surface area contributed by atoms with Gasteiger partial charge in [0.25, 0.3) is 5.56 Å². The number of nitrogens with zero attached hydrogens (tertiary/aromatic N) is 1. The summed E-state index contributed by atoms with van der Waals surface area (Å²) in [7, 11) is 1.55. The van der Waals surface area contributed by atoms with E-state index in [-0.39, 0.29) is 30.3 Å². The van der Waals surface area contributed by atoms with Gasteiger partial charge in [0.05, 0.1) is 12.7 Å². The highest BCUT2D eigenvalue weighted by molar-refractivity contribution is 6.31. The summed E-state index contributed by atoms with van der Waals surface area (Å²) in [6.45, 7) is 0.274. The molecular weight excluding hydrogens is 466 g/mol. The van der Waals surface area contributed by atoms with Crippen LogP contribution in [0.3, 0.4) is 0 Å². The van der Waals surface area contributed by atoms with Gasteiger partial charge in [-0.1, -0.05) is 66.2 Å². The first-order chi connectivity index (χ1) is 17.0. The summed E-state index contributed by atoms with van der Waals surface area (Å²) in [5, 5.41) is 3.38. The van der Waals surface area contributed by atoms with Crippen molar-refractivity contribution in [3.63, 3.8) is 0 Å². The van der Waals surface area contributed by atoms with Crippen molar-refractivity contribution < 1.29 is 14.3 Å². The van der Waals surface area contributed by atoms with Crippen molar-refractivity contribution >= 4 is 23.3 Å². The smallest absolute Gasteiger partial charge is 0.257 e. The molecule has 1 amide bonds. The Balaban J connectivity index is 1.48. The molecule has 7 nitrogen and oxygen atoms in total. The molecule has 0 bridgehead atoms. The number of halogens is 1. The molecule has 1 aromatic heterocycles. The molecule has 5 rings (SSSR count). The van der Waals surface area contributed by atoms with Gasteiger partial charge < -0.3 is 19.8 Å². The molecule has 4 aromatic rings. The zero-order valence-corrected chi connectivity index (χ0v) is 19.6. The summed E-state index contributed by atoms with van der Waals surface area (Å²) in [6.07, 6.45) is 0.116. The molecule has 1 aliphatic heterocycles. The molecule has 3 aromatic carbocycles. The molecule has 35 heavy (non-hydrogen) atoms. The van der Waals surface area contributed by atoms with Crippen LogP contribution in [0.5, 0.6) is 11.5 Å². The molecule has 176 valence electrons. The number of ether oxygens (including phenoxy) is 2. The van der Waals surface area contributed by atoms with Gasteiger partial charge in [0, 0.05) is 28.5 Å². The zero-order valence-electron chi connectivity index (χ0n) is 18.9. The van der Waals surface area contributed by atoms with Crippen LogP contribution in [-0.4, -0.2) is 23.0 Å². The molecule has 8 heteroatoms. The van der Waals surface area contributed by atoms with Gasteiger partial charge in [-0.3, -0.25) is 9.59 Å². The minimum atomic E-state index is -0.480. The first-order valence-electron chi connectivity index (χ1n) is 11.1. The van der Waals surface area contributed by atoms with Crippen LogP contribution in [0.1, 0.15) is 29.0 Å². The van der Waals surface area contributed by atoms with Crippen LogP contribution < -0.4 is 20.3 Å². The lowest BCUT2D eigenvalue weighted by molar-refractivity contribution is -0.116. The van der Waals surface area contributed by atoms with E-state index < -0.39 is 5.92 Å². The number of fused-ring (bicyclic) bond motifs is 1. The van der Waals surface area contributed by atoms with Crippen molar-refractivity contribution in [1.82, 2.24) is 9.97 Å². The Hall–Kier alpha value is -4.10. The van der Waals surface area contributed by atoms with Crippen LogP contribution in [0.25, 0.3) is 11.4 Å². The van der Waals surface area contributed by atoms with Crippen molar-refractivity contribution in [3.05, 3.63) is 105 Å². The summed E-state index contributed by atoms with van der Waals surface area (Å²) in [6, 6.07) is 22.1. The number of aromatic amines is 1. The molecule has 1 atom stereocenters. The predicted molar refractivity (Wildman–Crippen MR) is 134 cm³/mol. The summed E-state index contributed by atoms with van der Waals surface area (Å²) in [5.41, 5.74) is 2.48. The fraction of sp³-hybridized carbons (Fsp3) is 0.148. The van der Waals surface area contributed by atoms with Gasteiger partial charge in [-0.25, -0.2) is 4.98 Å². The number of hydrogen-bond donors (Lipinski definition) is 2. The molecule has 0 saturated heterocycles. The van der Waals surface area contributed by atoms with E-state index in [9.17, 15) is 9.59 Å². The summed E-state index contributed by atoms with van der Waals surface area (Å²) in [5.74, 6) is 1.00. The van der Waals surface area contributed by atoms with Crippen LogP contribution in [0.4, 0.5) is 5.82 Å². The van der Waals surface area contributed by atoms with Gasteiger partial charge >= 0.3 is 0 Å². The Labute approximate surface area is 206 Å². The number of methoxy groups -OCH3 is 1. The number of amides is 1. The Morgan fingerprint density at radius 3 is 2.54 bits per heavy atom. The highest BCUT2D eigenvalue weighted by Gasteiger charge is 2.31. The van der Waals surface area contributed by atoms with E-state index in [1.165, 1.54) is 0 Å². The van der Waals surface area contributed by atoms with E-state index in [1.54, 1.807) is 25.3 Å². The Morgan fingerprint density at radius 1 is 1.00 bits per heavy atom. The van der Waals surface area contributed by atoms with Crippen LogP contribution >= 0.6 is 11.6 Å². The second-order valence-electron chi connectivity index (χ2n) is 8.14. The Morgan fingerprint density at radius 2 is 1.77 bits per heavy atom. The molecular formula is C27H22ClN3O4. The minimum Gasteiger partial charge on any atom is -0.493 e. The summed E-state index contributed by atoms with van der Waals surface area (Å²) in [4.78, 5) is 33.1. The van der Waals surface area contributed by atoms with E-state index in [0.717, 1.165) is 16.7 Å². The average Bonchev–Trinajstić information content (AvgIpc) is 2.88. The quantitative estimate of drug-likeness (QED) is 0.392. The molecule has 2 heterocycles. The van der Waals surface area contributed by atoms with E-state index in [0.29, 0.717) is 27.9 Å². The lowest BCUT2D eigenvalue weighted by Crippen LogP contribution is -2.31. The first kappa shape index (κ1) is 22.7. The third-order valence-electron chi connectivity index (χ3n) is 5.93. The summed E-state index contributed by atoms with van der Waals surface area (Å²) >= 11 is 6.23. The predicted octanol–water partition coefficient (Wildman–Crippen LogP) is 5.15. The fourth-order valence-electron chi connectivity index (χ4n) is 4.18. The number of anilines is 1. The van der Waals surface area contributed by atoms with Crippen molar-refractivity contribution in [2.75, 3.05) is 12.4 Å². The third-order valence-corrected chi connectivity index (χ3v) is 6.30. The van der Waals surface area contributed by atoms with Crippen LogP contribution in [0.15, 0.2) is 77.6 Å². The second kappa shape index (κ2) is 9.64. The van der Waals surface area contributed by atoms with E-state index in [1.807, 2.05) is 54.6 Å². The largest absolute Gasteiger partial charge is 0.493 e. The maximum absolute atomic E-state index is 13.1. The maximum atomic E-state index is 13.1. The third kappa shape index (κ3) is 4.63. The molecule has 0 radical (unpaired) electrons. The van der Waals surface area contributed by atoms with Crippen LogP contribution in [-0.2, 0) is 11.4 Å². The summed E-state index contributed by atoms with van der Waals surface area (Å²) < 4.78 is 11.5. The van der Waals surface area contributed by atoms with E-state index in [4.69, 9.17) is 21.1 Å². The number of aromatic nitrogens is 2. The first-order valence-corrected chi connectivity index (χ1v) is 11.4. The minimum absolute atomic E-state index is 0.116. The molecule has 1 aliphatic rings. The Kier molecular flexibility index (Phi) is 6.25. The van der Waals surface area contributed by atoms with Crippen LogP contribution in [0.2, 0.25) is 5.02 Å². The fourth-order valence-corrected chi connectivity index (χ4v) is 4.37. The van der Waals surface area contributed by atoms with Crippen molar-refractivity contribution in [2.45, 2.75) is 18.9 Å². The second-order valence-corrected chi connectivity index (χ2v) is 8.55. The zero-order chi connectivity index (χ0) is 24.4. The van der Waals surface area contributed by atoms with Crippen molar-refractivity contribution in [2.24, 2.45) is 0 Å². The SMILES string of the molecule is COc1cc(C2CC(=O)Nc3nc(-c4ccccc4)[nH]c(=O)c32)ccc1OCc1ccccc1Cl. The van der Waals surface area contributed by atoms with Crippen molar-refractivity contribution in [3.8, 4) is 22.9 Å². The van der Waals surface area contributed by atoms with E-state index in [2.05, 4.69) is 15.3 Å². The number of hydrogen-bond acceptors (Lipinski definition) is 5. The number of H-pyrrole nitrogens is 1. The van der Waals surface area contributed by atoms with Crippen molar-refractivity contribution in [1.29, 1.82) is 0 Å². The van der Waals surface area contributed by atoms with Gasteiger partial charge in [-0.2, -0.15) is 0 Å². The van der Waals surface area contributed by atoms with Crippen LogP contribution in [0, 0.1) is 0 Å². The lowest BCUT2D eigenvalue weighted by Gasteiger charge is -2.25. The molecule has 0 aliphatic carbocycles. The highest BCUT2D eigenvalue weighted by atomic mass is 35.5. The molecule has 0 spiro atoms. The molecule has 0 saturated carbocycles.